The Labute approximate surface area is 103 Å². The van der Waals surface area contributed by atoms with Gasteiger partial charge in [0, 0.05) is 13.1 Å². The van der Waals surface area contributed by atoms with Crippen LogP contribution < -0.4 is 5.32 Å². The first-order chi connectivity index (χ1) is 8.05. The van der Waals surface area contributed by atoms with Gasteiger partial charge in [-0.15, -0.1) is 0 Å². The molecule has 1 aliphatic rings. The van der Waals surface area contributed by atoms with Gasteiger partial charge >= 0.3 is 0 Å². The molecule has 1 atom stereocenters. The number of hydrogen-bond donors (Lipinski definition) is 1. The first-order valence-electron chi connectivity index (χ1n) is 6.13. The third kappa shape index (κ3) is 3.80. The maximum atomic E-state index is 5.72. The van der Waals surface area contributed by atoms with Crippen molar-refractivity contribution in [3.63, 3.8) is 0 Å². The molecule has 2 rings (SSSR count). The molecule has 1 aromatic rings. The van der Waals surface area contributed by atoms with Gasteiger partial charge in [-0.2, -0.15) is 0 Å². The van der Waals surface area contributed by atoms with E-state index in [4.69, 9.17) is 9.47 Å². The molecular formula is C14H21NO2. The molecule has 1 saturated heterocycles. The normalized spacial score (nSPS) is 22.9. The fourth-order valence-corrected chi connectivity index (χ4v) is 1.95. The van der Waals surface area contributed by atoms with Crippen LogP contribution in [0.25, 0.3) is 0 Å². The van der Waals surface area contributed by atoms with E-state index in [9.17, 15) is 0 Å². The topological polar surface area (TPSA) is 30.5 Å². The molecule has 1 aromatic carbocycles. The average molecular weight is 235 g/mol. The Morgan fingerprint density at radius 3 is 2.59 bits per heavy atom. The molecule has 1 fully saturated rings. The minimum absolute atomic E-state index is 0.162. The summed E-state index contributed by atoms with van der Waals surface area (Å²) in [4.78, 5) is 0. The molecule has 1 aliphatic heterocycles. The van der Waals surface area contributed by atoms with Crippen LogP contribution in [-0.4, -0.2) is 25.0 Å². The van der Waals surface area contributed by atoms with Crippen LogP contribution in [0.5, 0.6) is 0 Å². The molecule has 1 heterocycles. The zero-order valence-electron chi connectivity index (χ0n) is 10.8. The zero-order valence-corrected chi connectivity index (χ0v) is 10.8. The molecule has 3 nitrogen and oxygen atoms in total. The number of nitrogens with one attached hydrogen (secondary N) is 1. The van der Waals surface area contributed by atoms with Gasteiger partial charge in [-0.05, 0) is 26.3 Å². The molecule has 0 aromatic heterocycles. The van der Waals surface area contributed by atoms with Crippen molar-refractivity contribution in [1.82, 2.24) is 5.32 Å². The van der Waals surface area contributed by atoms with Crippen LogP contribution in [-0.2, 0) is 16.0 Å². The third-order valence-electron chi connectivity index (χ3n) is 2.89. The SMILES string of the molecule is Cc1ccc(CNCC2COC(C)(C)O2)cc1. The lowest BCUT2D eigenvalue weighted by Gasteiger charge is -2.17. The van der Waals surface area contributed by atoms with Gasteiger partial charge in [0.05, 0.1) is 12.7 Å². The molecule has 94 valence electrons. The number of aryl methyl sites for hydroxylation is 1. The Hall–Kier alpha value is -0.900. The Morgan fingerprint density at radius 2 is 2.00 bits per heavy atom. The summed E-state index contributed by atoms with van der Waals surface area (Å²) in [6.07, 6.45) is 0.162. The predicted octanol–water partition coefficient (Wildman–Crippen LogP) is 2.24. The predicted molar refractivity (Wildman–Crippen MR) is 67.8 cm³/mol. The lowest BCUT2D eigenvalue weighted by atomic mass is 10.1. The first-order valence-corrected chi connectivity index (χ1v) is 6.13. The van der Waals surface area contributed by atoms with Gasteiger partial charge < -0.3 is 14.8 Å². The molecular weight excluding hydrogens is 214 g/mol. The van der Waals surface area contributed by atoms with Crippen LogP contribution in [0, 0.1) is 6.92 Å². The van der Waals surface area contributed by atoms with E-state index >= 15 is 0 Å². The van der Waals surface area contributed by atoms with Crippen molar-refractivity contribution in [3.8, 4) is 0 Å². The van der Waals surface area contributed by atoms with Gasteiger partial charge in [0.1, 0.15) is 0 Å². The molecule has 3 heteroatoms. The molecule has 17 heavy (non-hydrogen) atoms. The lowest BCUT2D eigenvalue weighted by molar-refractivity contribution is -0.137. The number of rotatable bonds is 4. The summed E-state index contributed by atoms with van der Waals surface area (Å²) in [5.41, 5.74) is 2.59. The standard InChI is InChI=1S/C14H21NO2/c1-11-4-6-12(7-5-11)8-15-9-13-10-16-14(2,3)17-13/h4-7,13,15H,8-10H2,1-3H3. The summed E-state index contributed by atoms with van der Waals surface area (Å²) in [6, 6.07) is 8.57. The van der Waals surface area contributed by atoms with Crippen LogP contribution in [0.2, 0.25) is 0 Å². The molecule has 0 saturated carbocycles. The fraction of sp³-hybridized carbons (Fsp3) is 0.571. The second kappa shape index (κ2) is 5.17. The summed E-state index contributed by atoms with van der Waals surface area (Å²) >= 11 is 0. The van der Waals surface area contributed by atoms with Gasteiger partial charge in [-0.3, -0.25) is 0 Å². The highest BCUT2D eigenvalue weighted by atomic mass is 16.7. The van der Waals surface area contributed by atoms with Gasteiger partial charge in [-0.25, -0.2) is 0 Å². The lowest BCUT2D eigenvalue weighted by Crippen LogP contribution is -2.30. The first kappa shape index (κ1) is 12.6. The molecule has 0 spiro atoms. The summed E-state index contributed by atoms with van der Waals surface area (Å²) < 4.78 is 11.2. The van der Waals surface area contributed by atoms with Gasteiger partial charge in [0.2, 0.25) is 0 Å². The minimum Gasteiger partial charge on any atom is -0.348 e. The van der Waals surface area contributed by atoms with E-state index in [1.165, 1.54) is 11.1 Å². The van der Waals surface area contributed by atoms with Crippen LogP contribution in [0.3, 0.4) is 0 Å². The van der Waals surface area contributed by atoms with Crippen molar-refractivity contribution in [3.05, 3.63) is 35.4 Å². The quantitative estimate of drug-likeness (QED) is 0.868. The van der Waals surface area contributed by atoms with Gasteiger partial charge in [-0.1, -0.05) is 29.8 Å². The van der Waals surface area contributed by atoms with E-state index in [1.807, 2.05) is 13.8 Å². The van der Waals surface area contributed by atoms with Crippen LogP contribution >= 0.6 is 0 Å². The average Bonchev–Trinajstić information content (AvgIpc) is 2.61. The molecule has 1 unspecified atom stereocenters. The Kier molecular flexibility index (Phi) is 3.82. The van der Waals surface area contributed by atoms with E-state index < -0.39 is 5.79 Å². The zero-order chi connectivity index (χ0) is 12.3. The smallest absolute Gasteiger partial charge is 0.163 e. The van der Waals surface area contributed by atoms with Crippen molar-refractivity contribution >= 4 is 0 Å². The minimum atomic E-state index is -0.420. The van der Waals surface area contributed by atoms with E-state index in [1.54, 1.807) is 0 Å². The highest BCUT2D eigenvalue weighted by Crippen LogP contribution is 2.21. The van der Waals surface area contributed by atoms with Crippen molar-refractivity contribution in [2.45, 2.75) is 39.2 Å². The third-order valence-corrected chi connectivity index (χ3v) is 2.89. The summed E-state index contributed by atoms with van der Waals surface area (Å²) in [5, 5.41) is 3.40. The number of benzene rings is 1. The number of ether oxygens (including phenoxy) is 2. The Morgan fingerprint density at radius 1 is 1.29 bits per heavy atom. The monoisotopic (exact) mass is 235 g/mol. The largest absolute Gasteiger partial charge is 0.348 e. The Bertz CT molecular complexity index is 359. The van der Waals surface area contributed by atoms with Crippen molar-refractivity contribution < 1.29 is 9.47 Å². The molecule has 0 amide bonds. The Balaban J connectivity index is 1.71. The van der Waals surface area contributed by atoms with Crippen LogP contribution in [0.1, 0.15) is 25.0 Å². The van der Waals surface area contributed by atoms with Crippen LogP contribution in [0.4, 0.5) is 0 Å². The fourth-order valence-electron chi connectivity index (χ4n) is 1.95. The van der Waals surface area contributed by atoms with Crippen molar-refractivity contribution in [2.75, 3.05) is 13.2 Å². The van der Waals surface area contributed by atoms with Gasteiger partial charge in [0.25, 0.3) is 0 Å². The second-order valence-corrected chi connectivity index (χ2v) is 5.07. The highest BCUT2D eigenvalue weighted by Gasteiger charge is 2.32. The second-order valence-electron chi connectivity index (χ2n) is 5.07. The van der Waals surface area contributed by atoms with Crippen molar-refractivity contribution in [1.29, 1.82) is 0 Å². The molecule has 0 radical (unpaired) electrons. The molecule has 1 N–H and O–H groups in total. The summed E-state index contributed by atoms with van der Waals surface area (Å²) in [7, 11) is 0. The van der Waals surface area contributed by atoms with E-state index in [-0.39, 0.29) is 6.10 Å². The highest BCUT2D eigenvalue weighted by molar-refractivity contribution is 5.21. The van der Waals surface area contributed by atoms with E-state index in [0.29, 0.717) is 6.61 Å². The maximum absolute atomic E-state index is 5.72. The molecule has 0 aliphatic carbocycles. The van der Waals surface area contributed by atoms with Crippen LogP contribution in [0.15, 0.2) is 24.3 Å². The number of hydrogen-bond acceptors (Lipinski definition) is 3. The maximum Gasteiger partial charge on any atom is 0.163 e. The molecule has 0 bridgehead atoms. The van der Waals surface area contributed by atoms with Crippen molar-refractivity contribution in [2.24, 2.45) is 0 Å². The van der Waals surface area contributed by atoms with E-state index in [0.717, 1.165) is 13.1 Å². The summed E-state index contributed by atoms with van der Waals surface area (Å²) in [5.74, 6) is -0.420. The van der Waals surface area contributed by atoms with Gasteiger partial charge in [0.15, 0.2) is 5.79 Å². The van der Waals surface area contributed by atoms with E-state index in [2.05, 4.69) is 36.5 Å². The summed E-state index contributed by atoms with van der Waals surface area (Å²) in [6.45, 7) is 8.38.